The van der Waals surface area contributed by atoms with Gasteiger partial charge in [0.1, 0.15) is 12.1 Å². The first-order valence-corrected chi connectivity index (χ1v) is 9.49. The zero-order valence-corrected chi connectivity index (χ0v) is 15.0. The van der Waals surface area contributed by atoms with Crippen LogP contribution in [-0.2, 0) is 30.9 Å². The molecule has 0 aliphatic carbocycles. The summed E-state index contributed by atoms with van der Waals surface area (Å²) in [7, 11) is 0. The summed E-state index contributed by atoms with van der Waals surface area (Å²) in [5.41, 5.74) is 0. The molecule has 0 spiro atoms. The van der Waals surface area contributed by atoms with E-state index in [2.05, 4.69) is 10.2 Å². The highest BCUT2D eigenvalue weighted by Crippen LogP contribution is 2.32. The predicted octanol–water partition coefficient (Wildman–Crippen LogP) is 1.06. The van der Waals surface area contributed by atoms with Gasteiger partial charge >= 0.3 is 11.9 Å². The van der Waals surface area contributed by atoms with Crippen LogP contribution in [0.4, 0.5) is 0 Å². The molecule has 0 heterocycles. The van der Waals surface area contributed by atoms with Crippen LogP contribution in [-0.4, -0.2) is 41.1 Å². The van der Waals surface area contributed by atoms with E-state index in [1.165, 1.54) is 13.8 Å². The van der Waals surface area contributed by atoms with E-state index in [9.17, 15) is 14.5 Å². The summed E-state index contributed by atoms with van der Waals surface area (Å²) in [4.78, 5) is 33.4. The number of rotatable bonds is 8. The smallest absolute Gasteiger partial charge is 0.323 e. The standard InChI is InChI=1S/C12H25N2O5PS/c1-7(2)18-11(15)9(5)13-20(17,21)14-10(6)12(16)19-8(3)4/h7-10H,1-6H3,(H3,13,14,17,21)/t9-,10-/m0/s1. The maximum atomic E-state index is 11.7. The van der Waals surface area contributed by atoms with Crippen molar-refractivity contribution in [3.05, 3.63) is 0 Å². The highest BCUT2D eigenvalue weighted by Gasteiger charge is 2.27. The molecule has 0 amide bonds. The fourth-order valence-corrected chi connectivity index (χ4v) is 3.62. The van der Waals surface area contributed by atoms with Crippen LogP contribution in [0.2, 0.25) is 0 Å². The lowest BCUT2D eigenvalue weighted by atomic mass is 10.4. The number of hydrogen-bond acceptors (Lipinski definition) is 5. The van der Waals surface area contributed by atoms with E-state index in [1.807, 2.05) is 0 Å². The molecule has 0 aromatic rings. The molecule has 0 aromatic heterocycles. The Labute approximate surface area is 131 Å². The van der Waals surface area contributed by atoms with Gasteiger partial charge in [-0.1, -0.05) is 0 Å². The Morgan fingerprint density at radius 1 is 0.905 bits per heavy atom. The van der Waals surface area contributed by atoms with Gasteiger partial charge in [0.2, 0.25) is 0 Å². The molecular formula is C12H25N2O5PS. The monoisotopic (exact) mass is 340 g/mol. The molecule has 9 heteroatoms. The first-order chi connectivity index (χ1) is 9.44. The van der Waals surface area contributed by atoms with Crippen LogP contribution in [0.25, 0.3) is 0 Å². The van der Waals surface area contributed by atoms with Gasteiger partial charge in [-0.2, -0.15) is 0 Å². The average Bonchev–Trinajstić information content (AvgIpc) is 2.25. The molecule has 0 aromatic carbocycles. The van der Waals surface area contributed by atoms with E-state index in [4.69, 9.17) is 21.3 Å². The highest BCUT2D eigenvalue weighted by atomic mass is 32.4. The number of nitrogens with one attached hydrogen (secondary N) is 2. The second kappa shape index (κ2) is 8.80. The second-order valence-corrected chi connectivity index (χ2v) is 8.50. The summed E-state index contributed by atoms with van der Waals surface area (Å²) in [6.07, 6.45) is -0.516. The first kappa shape index (κ1) is 20.5. The van der Waals surface area contributed by atoms with Crippen LogP contribution in [0.1, 0.15) is 41.5 Å². The van der Waals surface area contributed by atoms with Crippen molar-refractivity contribution in [1.82, 2.24) is 10.2 Å². The van der Waals surface area contributed by atoms with Crippen LogP contribution in [0, 0.1) is 0 Å². The second-order valence-electron chi connectivity index (χ2n) is 5.25. The number of carbonyl (C=O) groups excluding carboxylic acids is 2. The molecule has 0 aliphatic heterocycles. The molecule has 0 fully saturated rings. The van der Waals surface area contributed by atoms with Crippen molar-refractivity contribution in [2.45, 2.75) is 65.8 Å². The lowest BCUT2D eigenvalue weighted by Gasteiger charge is -2.25. The van der Waals surface area contributed by atoms with Crippen LogP contribution in [0.5, 0.6) is 0 Å². The maximum Gasteiger partial charge on any atom is 0.323 e. The molecule has 21 heavy (non-hydrogen) atoms. The van der Waals surface area contributed by atoms with Gasteiger partial charge in [-0.25, -0.2) is 10.2 Å². The van der Waals surface area contributed by atoms with Gasteiger partial charge in [0.25, 0.3) is 0 Å². The number of ether oxygens (including phenoxy) is 2. The van der Waals surface area contributed by atoms with Crippen LogP contribution >= 0.6 is 6.57 Å². The van der Waals surface area contributed by atoms with Crippen molar-refractivity contribution in [3.8, 4) is 0 Å². The van der Waals surface area contributed by atoms with E-state index in [0.717, 1.165) is 0 Å². The number of hydrogen-bond donors (Lipinski definition) is 3. The third-order valence-electron chi connectivity index (χ3n) is 2.15. The van der Waals surface area contributed by atoms with Crippen LogP contribution < -0.4 is 10.2 Å². The fraction of sp³-hybridized carbons (Fsp3) is 0.833. The average molecular weight is 340 g/mol. The van der Waals surface area contributed by atoms with Crippen LogP contribution in [0.15, 0.2) is 0 Å². The minimum atomic E-state index is -3.27. The van der Waals surface area contributed by atoms with E-state index < -0.39 is 30.6 Å². The molecule has 0 unspecified atom stereocenters. The molecule has 0 rings (SSSR count). The molecule has 0 aliphatic rings. The molecule has 0 bridgehead atoms. The van der Waals surface area contributed by atoms with Gasteiger partial charge in [-0.05, 0) is 53.3 Å². The number of carbonyl (C=O) groups is 2. The predicted molar refractivity (Wildman–Crippen MR) is 84.2 cm³/mol. The van der Waals surface area contributed by atoms with Gasteiger partial charge in [0, 0.05) is 0 Å². The van der Waals surface area contributed by atoms with Crippen molar-refractivity contribution in [2.24, 2.45) is 0 Å². The van der Waals surface area contributed by atoms with E-state index in [-0.39, 0.29) is 12.2 Å². The Morgan fingerprint density at radius 2 is 1.19 bits per heavy atom. The third kappa shape index (κ3) is 9.16. The quantitative estimate of drug-likeness (QED) is 0.446. The topological polar surface area (TPSA) is 96.9 Å². The highest BCUT2D eigenvalue weighted by molar-refractivity contribution is 8.09. The van der Waals surface area contributed by atoms with E-state index in [0.29, 0.717) is 0 Å². The molecule has 124 valence electrons. The summed E-state index contributed by atoms with van der Waals surface area (Å²) in [5, 5.41) is 5.18. The Hall–Kier alpha value is -0.530. The van der Waals surface area contributed by atoms with Gasteiger partial charge in [-0.15, -0.1) is 0 Å². The van der Waals surface area contributed by atoms with Crippen molar-refractivity contribution in [2.75, 3.05) is 0 Å². The fourth-order valence-electron chi connectivity index (χ4n) is 1.34. The minimum Gasteiger partial charge on any atom is -0.462 e. The Balaban J connectivity index is 4.52. The molecule has 3 N–H and O–H groups in total. The molecule has 2 atom stereocenters. The molecule has 0 saturated heterocycles. The van der Waals surface area contributed by atoms with Crippen molar-refractivity contribution in [3.63, 3.8) is 0 Å². The third-order valence-corrected chi connectivity index (χ3v) is 4.26. The molecule has 0 saturated carbocycles. The largest absolute Gasteiger partial charge is 0.462 e. The van der Waals surface area contributed by atoms with Gasteiger partial charge in [0.05, 0.1) is 12.2 Å². The van der Waals surface area contributed by atoms with Crippen molar-refractivity contribution in [1.29, 1.82) is 0 Å². The van der Waals surface area contributed by atoms with Crippen LogP contribution in [0.3, 0.4) is 0 Å². The van der Waals surface area contributed by atoms with E-state index >= 15 is 0 Å². The summed E-state index contributed by atoms with van der Waals surface area (Å²) in [6.45, 7) is 6.69. The van der Waals surface area contributed by atoms with Gasteiger partial charge in [-0.3, -0.25) is 9.59 Å². The SMILES string of the molecule is CC(C)OC(=O)[C@H](C)NP(O)(=S)N[C@@H](C)C(=O)OC(C)C. The molecular weight excluding hydrogens is 315 g/mol. The Kier molecular flexibility index (Phi) is 8.58. The molecule has 7 nitrogen and oxygen atoms in total. The Bertz CT molecular complexity index is 382. The lowest BCUT2D eigenvalue weighted by molar-refractivity contribution is -0.149. The normalized spacial score (nSPS) is 14.9. The summed E-state index contributed by atoms with van der Waals surface area (Å²) >= 11 is 4.99. The summed E-state index contributed by atoms with van der Waals surface area (Å²) in [6, 6.07) is -1.58. The number of esters is 2. The van der Waals surface area contributed by atoms with Crippen molar-refractivity contribution >= 4 is 30.3 Å². The minimum absolute atomic E-state index is 0.258. The lowest BCUT2D eigenvalue weighted by Crippen LogP contribution is -2.42. The first-order valence-electron chi connectivity index (χ1n) is 6.74. The Morgan fingerprint density at radius 3 is 1.43 bits per heavy atom. The summed E-state index contributed by atoms with van der Waals surface area (Å²) in [5.74, 6) is -1.04. The van der Waals surface area contributed by atoms with Gasteiger partial charge < -0.3 is 14.4 Å². The van der Waals surface area contributed by atoms with E-state index in [1.54, 1.807) is 27.7 Å². The summed E-state index contributed by atoms with van der Waals surface area (Å²) < 4.78 is 10.0. The van der Waals surface area contributed by atoms with Gasteiger partial charge in [0.15, 0.2) is 6.57 Å². The zero-order chi connectivity index (χ0) is 16.8. The maximum absolute atomic E-state index is 11.7. The molecule has 0 radical (unpaired) electrons. The zero-order valence-electron chi connectivity index (χ0n) is 13.2. The van der Waals surface area contributed by atoms with Crippen molar-refractivity contribution < 1.29 is 24.0 Å².